The van der Waals surface area contributed by atoms with Crippen molar-refractivity contribution < 1.29 is 38.1 Å². The zero-order valence-corrected chi connectivity index (χ0v) is 50.3. The summed E-state index contributed by atoms with van der Waals surface area (Å²) in [6.45, 7) is 7.92. The molecule has 6 amide bonds. The molecule has 4 heterocycles. The third-order valence-electron chi connectivity index (χ3n) is 14.3. The molecule has 84 heavy (non-hydrogen) atoms. The van der Waals surface area contributed by atoms with Crippen LogP contribution >= 0.6 is 46.4 Å². The number of likely N-dealkylation sites (N-methyl/N-ethyl adjacent to an activating group) is 2. The number of amides is 6. The zero-order chi connectivity index (χ0) is 59.2. The van der Waals surface area contributed by atoms with Gasteiger partial charge in [0.2, 0.25) is 0 Å². The molecule has 0 unspecified atom stereocenters. The molecule has 0 spiro atoms. The van der Waals surface area contributed by atoms with Crippen molar-refractivity contribution >= 4 is 70.3 Å². The molecule has 446 valence electrons. The summed E-state index contributed by atoms with van der Waals surface area (Å²) < 4.78 is 22.3. The van der Waals surface area contributed by atoms with Gasteiger partial charge in [0, 0.05) is 121 Å². The molecule has 0 radical (unpaired) electrons. The third-order valence-corrected chi connectivity index (χ3v) is 15.4. The Hall–Kier alpha value is -6.42. The summed E-state index contributed by atoms with van der Waals surface area (Å²) in [5.41, 5.74) is 11.2. The molecule has 0 bridgehead atoms. The normalized spacial score (nSPS) is 14.9. The number of hydrogen-bond donors (Lipinski definition) is 6. The van der Waals surface area contributed by atoms with Crippen molar-refractivity contribution in [2.75, 3.05) is 119 Å². The quantitative estimate of drug-likeness (QED) is 0.0243. The maximum absolute atomic E-state index is 12.8. The fourth-order valence-electron chi connectivity index (χ4n) is 10.1. The minimum Gasteiger partial charge on any atom is -0.377 e. The molecule has 4 aromatic carbocycles. The van der Waals surface area contributed by atoms with Crippen LogP contribution in [0.25, 0.3) is 22.3 Å². The molecule has 18 nitrogen and oxygen atoms in total. The van der Waals surface area contributed by atoms with Gasteiger partial charge in [0.1, 0.15) is 11.4 Å². The monoisotopic (exact) mass is 1220 g/mol. The molecule has 22 heteroatoms. The number of benzene rings is 4. The molecule has 2 aliphatic rings. The number of carbonyl (C=O) groups is 4. The number of fused-ring (bicyclic) bond motifs is 2. The van der Waals surface area contributed by atoms with E-state index in [0.29, 0.717) is 136 Å². The predicted octanol–water partition coefficient (Wildman–Crippen LogP) is 9.18. The van der Waals surface area contributed by atoms with Crippen LogP contribution in [-0.4, -0.2) is 163 Å². The fraction of sp³-hybridized carbons (Fsp3) is 0.387. The van der Waals surface area contributed by atoms with E-state index in [4.69, 9.17) is 65.4 Å². The van der Waals surface area contributed by atoms with Gasteiger partial charge in [-0.3, -0.25) is 19.6 Å². The number of rotatable bonds is 29. The summed E-state index contributed by atoms with van der Waals surface area (Å²) in [6, 6.07) is 30.9. The number of ether oxygens (including phenoxy) is 4. The Balaban J connectivity index is 0.571. The fourth-order valence-corrected chi connectivity index (χ4v) is 11.2. The number of aromatic nitrogens is 2. The van der Waals surface area contributed by atoms with E-state index in [1.54, 1.807) is 36.7 Å². The van der Waals surface area contributed by atoms with Crippen molar-refractivity contribution in [1.82, 2.24) is 51.7 Å². The van der Waals surface area contributed by atoms with Crippen LogP contribution in [0.5, 0.6) is 0 Å². The van der Waals surface area contributed by atoms with Crippen LogP contribution in [0.3, 0.4) is 0 Å². The number of carbonyl (C=O) groups excluding carboxylic acids is 4. The molecule has 6 aromatic rings. The number of urea groups is 2. The standard InChI is InChI=1S/C62H72Cl4N10O8/c1-75-37-51(49-31-47(63)33-55(65)53(49)39-75)43-9-5-7-41(29-43)45-11-13-57(73-35-45)59(77)67-17-21-81-25-27-83-23-19-71-61(79)69-15-3-4-16-70-62(80)72-20-24-84-28-26-82-22-18-68-60(78)58-14-12-46(36-74-58)42-8-6-10-44(30-42)52-38-76(2)40-54-50(52)32-48(64)34-56(54)66/h5-14,29-36,51-52H,3-4,15-28,37-40H2,1-2H3,(H,67,77)(H,68,78)(H2,69,71,79)(H2,70,72,80)/t51-,52-/m0/s1. The summed E-state index contributed by atoms with van der Waals surface area (Å²) in [7, 11) is 4.18. The molecule has 2 aromatic heterocycles. The maximum Gasteiger partial charge on any atom is 0.314 e. The Morgan fingerprint density at radius 3 is 1.23 bits per heavy atom. The molecule has 2 aliphatic heterocycles. The van der Waals surface area contributed by atoms with Crippen LogP contribution in [0.4, 0.5) is 9.59 Å². The number of nitrogens with zero attached hydrogens (tertiary/aromatic N) is 4. The van der Waals surface area contributed by atoms with E-state index in [1.807, 2.05) is 48.5 Å². The molecule has 0 saturated heterocycles. The van der Waals surface area contributed by atoms with E-state index >= 15 is 0 Å². The van der Waals surface area contributed by atoms with Crippen LogP contribution in [0.1, 0.15) is 79.0 Å². The van der Waals surface area contributed by atoms with Gasteiger partial charge in [-0.15, -0.1) is 0 Å². The van der Waals surface area contributed by atoms with Crippen molar-refractivity contribution in [2.45, 2.75) is 37.8 Å². The smallest absolute Gasteiger partial charge is 0.314 e. The highest BCUT2D eigenvalue weighted by Gasteiger charge is 2.29. The molecule has 2 atom stereocenters. The number of hydrogen-bond acceptors (Lipinski definition) is 12. The van der Waals surface area contributed by atoms with Crippen molar-refractivity contribution in [3.8, 4) is 22.3 Å². The minimum atomic E-state index is -0.304. The van der Waals surface area contributed by atoms with Crippen LogP contribution in [0.2, 0.25) is 20.1 Å². The largest absolute Gasteiger partial charge is 0.377 e. The second-order valence-electron chi connectivity index (χ2n) is 20.6. The van der Waals surface area contributed by atoms with E-state index in [1.165, 1.54) is 0 Å². The van der Waals surface area contributed by atoms with Crippen LogP contribution in [-0.2, 0) is 32.0 Å². The van der Waals surface area contributed by atoms with E-state index in [2.05, 4.69) is 90.0 Å². The topological polar surface area (TPSA) is 210 Å². The summed E-state index contributed by atoms with van der Waals surface area (Å²) in [4.78, 5) is 63.2. The van der Waals surface area contributed by atoms with Crippen molar-refractivity contribution in [3.63, 3.8) is 0 Å². The first-order valence-electron chi connectivity index (χ1n) is 28.2. The summed E-state index contributed by atoms with van der Waals surface area (Å²) >= 11 is 26.0. The van der Waals surface area contributed by atoms with E-state index in [9.17, 15) is 19.2 Å². The maximum atomic E-state index is 12.8. The Morgan fingerprint density at radius 1 is 0.464 bits per heavy atom. The SMILES string of the molecule is CN1Cc2c(Cl)cc(Cl)cc2[C@H](c2cccc(-c3ccc(C(=O)NCCOCCOCCNC(=O)NCCCCNC(=O)NCCOCCOCCNC(=O)c4ccc(-c5cccc([C@@H]6CN(C)Cc7c(Cl)cc(Cl)cc76)c5)cn4)nc3)c2)C1. The molecule has 0 aliphatic carbocycles. The van der Waals surface area contributed by atoms with Gasteiger partial charge in [-0.25, -0.2) is 9.59 Å². The van der Waals surface area contributed by atoms with Crippen molar-refractivity contribution in [3.05, 3.63) is 174 Å². The van der Waals surface area contributed by atoms with Gasteiger partial charge < -0.3 is 60.6 Å². The molecule has 8 rings (SSSR count). The van der Waals surface area contributed by atoms with Crippen molar-refractivity contribution in [2.24, 2.45) is 0 Å². The Bertz CT molecular complexity index is 2950. The lowest BCUT2D eigenvalue weighted by Crippen LogP contribution is -2.39. The predicted molar refractivity (Wildman–Crippen MR) is 329 cm³/mol. The number of halogens is 4. The van der Waals surface area contributed by atoms with Crippen molar-refractivity contribution in [1.29, 1.82) is 0 Å². The summed E-state index contributed by atoms with van der Waals surface area (Å²) in [5.74, 6) is -0.372. The molecule has 0 saturated carbocycles. The Kier molecular flexibility index (Phi) is 24.8. The lowest BCUT2D eigenvalue weighted by atomic mass is 9.84. The van der Waals surface area contributed by atoms with Gasteiger partial charge in [-0.2, -0.15) is 0 Å². The highest BCUT2D eigenvalue weighted by molar-refractivity contribution is 6.35. The second kappa shape index (κ2) is 32.7. The Labute approximate surface area is 510 Å². The lowest BCUT2D eigenvalue weighted by molar-refractivity contribution is 0.0497. The van der Waals surface area contributed by atoms with Crippen LogP contribution in [0.15, 0.2) is 109 Å². The van der Waals surface area contributed by atoms with E-state index in [0.717, 1.165) is 81.8 Å². The van der Waals surface area contributed by atoms with Gasteiger partial charge in [-0.1, -0.05) is 107 Å². The van der Waals surface area contributed by atoms with Gasteiger partial charge >= 0.3 is 12.1 Å². The zero-order valence-electron chi connectivity index (χ0n) is 47.3. The molecule has 0 fully saturated rings. The number of unbranched alkanes of at least 4 members (excludes halogenated alkanes) is 1. The van der Waals surface area contributed by atoms with Gasteiger partial charge in [0.15, 0.2) is 0 Å². The Morgan fingerprint density at radius 2 is 0.845 bits per heavy atom. The minimum absolute atomic E-state index is 0.108. The molecule has 6 N–H and O–H groups in total. The highest BCUT2D eigenvalue weighted by Crippen LogP contribution is 2.41. The first kappa shape index (κ1) is 63.6. The van der Waals surface area contributed by atoms with Crippen LogP contribution < -0.4 is 31.9 Å². The average Bonchev–Trinajstić information content (AvgIpc) is 3.62. The van der Waals surface area contributed by atoms with Gasteiger partial charge in [0.05, 0.1) is 52.9 Å². The van der Waals surface area contributed by atoms with Crippen LogP contribution in [0, 0.1) is 0 Å². The third kappa shape index (κ3) is 19.0. The van der Waals surface area contributed by atoms with E-state index in [-0.39, 0.29) is 35.7 Å². The summed E-state index contributed by atoms with van der Waals surface area (Å²) in [5, 5.41) is 19.3. The van der Waals surface area contributed by atoms with Gasteiger partial charge in [-0.05, 0) is 108 Å². The first-order chi connectivity index (χ1) is 40.8. The molecular weight excluding hydrogens is 1150 g/mol. The average molecular weight is 1230 g/mol. The van der Waals surface area contributed by atoms with E-state index < -0.39 is 0 Å². The highest BCUT2D eigenvalue weighted by atomic mass is 35.5. The second-order valence-corrected chi connectivity index (χ2v) is 22.2. The number of nitrogens with one attached hydrogen (secondary N) is 6. The summed E-state index contributed by atoms with van der Waals surface area (Å²) in [6.07, 6.45) is 4.77. The van der Waals surface area contributed by atoms with Gasteiger partial charge in [0.25, 0.3) is 11.8 Å². The first-order valence-corrected chi connectivity index (χ1v) is 29.7. The molecular formula is C62H72Cl4N10O8. The number of pyridine rings is 2. The lowest BCUT2D eigenvalue weighted by Gasteiger charge is -2.33.